The first kappa shape index (κ1) is 16.4. The van der Waals surface area contributed by atoms with Crippen molar-refractivity contribution < 1.29 is 0 Å². The van der Waals surface area contributed by atoms with E-state index in [0.29, 0.717) is 5.41 Å². The molecule has 0 aromatic carbocycles. The minimum atomic E-state index is 0.335. The van der Waals surface area contributed by atoms with E-state index in [2.05, 4.69) is 34.6 Å². The van der Waals surface area contributed by atoms with Crippen molar-refractivity contribution in [2.24, 2.45) is 18.4 Å². The van der Waals surface area contributed by atoms with Crippen LogP contribution in [0.3, 0.4) is 0 Å². The Kier molecular flexibility index (Phi) is 6.15. The first-order chi connectivity index (χ1) is 10.2. The van der Waals surface area contributed by atoms with E-state index in [4.69, 9.17) is 0 Å². The van der Waals surface area contributed by atoms with E-state index in [0.717, 1.165) is 31.3 Å². The van der Waals surface area contributed by atoms with E-state index in [1.165, 1.54) is 44.9 Å². The molecule has 0 bridgehead atoms. The van der Waals surface area contributed by atoms with Gasteiger partial charge in [0.2, 0.25) is 0 Å². The summed E-state index contributed by atoms with van der Waals surface area (Å²) in [6.07, 6.45) is 10.4. The zero-order valence-corrected chi connectivity index (χ0v) is 13.9. The van der Waals surface area contributed by atoms with Crippen molar-refractivity contribution in [3.05, 3.63) is 5.82 Å². The summed E-state index contributed by atoms with van der Waals surface area (Å²) in [6, 6.07) is 0. The second-order valence-corrected chi connectivity index (χ2v) is 6.74. The highest BCUT2D eigenvalue weighted by Crippen LogP contribution is 2.42. The zero-order valence-electron chi connectivity index (χ0n) is 13.9. The second kappa shape index (κ2) is 7.87. The lowest BCUT2D eigenvalue weighted by atomic mass is 9.67. The van der Waals surface area contributed by atoms with E-state index in [9.17, 15) is 0 Å². The number of nitrogens with zero attached hydrogens (tertiary/aromatic N) is 4. The van der Waals surface area contributed by atoms with E-state index in [1.807, 2.05) is 7.05 Å². The summed E-state index contributed by atoms with van der Waals surface area (Å²) < 4.78 is 0. The van der Waals surface area contributed by atoms with Gasteiger partial charge in [-0.2, -0.15) is 4.80 Å². The van der Waals surface area contributed by atoms with Crippen LogP contribution in [0.25, 0.3) is 0 Å². The Morgan fingerprint density at radius 2 is 2.05 bits per heavy atom. The molecule has 0 unspecified atom stereocenters. The molecule has 0 atom stereocenters. The lowest BCUT2D eigenvalue weighted by Crippen LogP contribution is -2.39. The number of aromatic nitrogens is 4. The third-order valence-corrected chi connectivity index (χ3v) is 4.96. The van der Waals surface area contributed by atoms with E-state index in [-0.39, 0.29) is 0 Å². The molecule has 5 nitrogen and oxygen atoms in total. The number of hydrogen-bond acceptors (Lipinski definition) is 4. The summed E-state index contributed by atoms with van der Waals surface area (Å²) in [5.74, 6) is 1.84. The molecule has 0 radical (unpaired) electrons. The molecule has 1 aliphatic rings. The van der Waals surface area contributed by atoms with Crippen molar-refractivity contribution in [3.63, 3.8) is 0 Å². The van der Waals surface area contributed by atoms with Crippen LogP contribution in [0.4, 0.5) is 0 Å². The number of hydrogen-bond donors (Lipinski definition) is 1. The average molecular weight is 293 g/mol. The number of tetrazole rings is 1. The van der Waals surface area contributed by atoms with Gasteiger partial charge < -0.3 is 5.32 Å². The average Bonchev–Trinajstić information content (AvgIpc) is 2.89. The number of aryl methyl sites for hydroxylation is 1. The summed E-state index contributed by atoms with van der Waals surface area (Å²) in [5.41, 5.74) is 0.335. The van der Waals surface area contributed by atoms with Crippen LogP contribution in [0, 0.1) is 11.3 Å². The molecule has 2 rings (SSSR count). The zero-order chi connectivity index (χ0) is 15.1. The van der Waals surface area contributed by atoms with Gasteiger partial charge in [-0.3, -0.25) is 0 Å². The standard InChI is InChI=1S/C16H31N5/c1-4-6-7-14-8-10-16(11-9-14,13-17-5-2)12-15-18-20-21(3)19-15/h14,17H,4-13H2,1-3H3. The minimum absolute atomic E-state index is 0.335. The van der Waals surface area contributed by atoms with Gasteiger partial charge >= 0.3 is 0 Å². The summed E-state index contributed by atoms with van der Waals surface area (Å²) in [4.78, 5) is 1.57. The Morgan fingerprint density at radius 1 is 1.29 bits per heavy atom. The smallest absolute Gasteiger partial charge is 0.175 e. The maximum Gasteiger partial charge on any atom is 0.175 e. The third kappa shape index (κ3) is 4.77. The third-order valence-electron chi connectivity index (χ3n) is 4.96. The van der Waals surface area contributed by atoms with Crippen LogP contribution >= 0.6 is 0 Å². The molecule has 1 heterocycles. The van der Waals surface area contributed by atoms with E-state index < -0.39 is 0 Å². The first-order valence-electron chi connectivity index (χ1n) is 8.61. The van der Waals surface area contributed by atoms with Gasteiger partial charge in [-0.1, -0.05) is 33.1 Å². The highest BCUT2D eigenvalue weighted by molar-refractivity contribution is 4.95. The van der Waals surface area contributed by atoms with Gasteiger partial charge in [0.15, 0.2) is 5.82 Å². The Hall–Kier alpha value is -0.970. The van der Waals surface area contributed by atoms with Crippen LogP contribution in [-0.4, -0.2) is 33.3 Å². The van der Waals surface area contributed by atoms with Crippen LogP contribution in [0.15, 0.2) is 0 Å². The molecule has 0 saturated heterocycles. The van der Waals surface area contributed by atoms with Gasteiger partial charge in [-0.25, -0.2) is 0 Å². The fourth-order valence-electron chi connectivity index (χ4n) is 3.61. The maximum atomic E-state index is 4.39. The van der Waals surface area contributed by atoms with Gasteiger partial charge in [-0.15, -0.1) is 10.2 Å². The summed E-state index contributed by atoms with van der Waals surface area (Å²) in [6.45, 7) is 6.59. The molecular weight excluding hydrogens is 262 g/mol. The number of nitrogens with one attached hydrogen (secondary N) is 1. The molecule has 21 heavy (non-hydrogen) atoms. The van der Waals surface area contributed by atoms with Gasteiger partial charge in [0, 0.05) is 13.0 Å². The Bertz CT molecular complexity index is 407. The van der Waals surface area contributed by atoms with Crippen molar-refractivity contribution in [2.75, 3.05) is 13.1 Å². The minimum Gasteiger partial charge on any atom is -0.316 e. The molecule has 1 aliphatic carbocycles. The van der Waals surface area contributed by atoms with Crippen molar-refractivity contribution in [1.29, 1.82) is 0 Å². The Morgan fingerprint density at radius 3 is 2.62 bits per heavy atom. The predicted molar refractivity (Wildman–Crippen MR) is 85.0 cm³/mol. The molecule has 1 aromatic heterocycles. The molecular formula is C16H31N5. The molecule has 120 valence electrons. The van der Waals surface area contributed by atoms with Crippen LogP contribution in [0.2, 0.25) is 0 Å². The van der Waals surface area contributed by atoms with Gasteiger partial charge in [-0.05, 0) is 48.8 Å². The van der Waals surface area contributed by atoms with Crippen molar-refractivity contribution in [1.82, 2.24) is 25.5 Å². The predicted octanol–water partition coefficient (Wildman–Crippen LogP) is 2.73. The summed E-state index contributed by atoms with van der Waals surface area (Å²) in [5, 5.41) is 16.1. The second-order valence-electron chi connectivity index (χ2n) is 6.74. The molecule has 1 N–H and O–H groups in total. The summed E-state index contributed by atoms with van der Waals surface area (Å²) >= 11 is 0. The highest BCUT2D eigenvalue weighted by atomic mass is 15.6. The number of rotatable bonds is 8. The largest absolute Gasteiger partial charge is 0.316 e. The van der Waals surface area contributed by atoms with Crippen molar-refractivity contribution >= 4 is 0 Å². The Labute approximate surface area is 128 Å². The Balaban J connectivity index is 1.95. The lowest BCUT2D eigenvalue weighted by Gasteiger charge is -2.40. The van der Waals surface area contributed by atoms with Gasteiger partial charge in [0.25, 0.3) is 0 Å². The maximum absolute atomic E-state index is 4.39. The first-order valence-corrected chi connectivity index (χ1v) is 8.61. The molecule has 0 amide bonds. The van der Waals surface area contributed by atoms with E-state index in [1.54, 1.807) is 4.80 Å². The molecule has 1 saturated carbocycles. The van der Waals surface area contributed by atoms with Gasteiger partial charge in [0.05, 0.1) is 7.05 Å². The monoisotopic (exact) mass is 293 g/mol. The molecule has 1 fully saturated rings. The lowest BCUT2D eigenvalue weighted by molar-refractivity contribution is 0.136. The SMILES string of the molecule is CCCCC1CCC(CNCC)(Cc2nnn(C)n2)CC1. The van der Waals surface area contributed by atoms with Gasteiger partial charge in [0.1, 0.15) is 0 Å². The molecule has 5 heteroatoms. The molecule has 1 aromatic rings. The van der Waals surface area contributed by atoms with Crippen molar-refractivity contribution in [2.45, 2.75) is 65.2 Å². The molecule has 0 spiro atoms. The fourth-order valence-corrected chi connectivity index (χ4v) is 3.61. The van der Waals surface area contributed by atoms with Crippen LogP contribution in [0.5, 0.6) is 0 Å². The topological polar surface area (TPSA) is 55.6 Å². The quantitative estimate of drug-likeness (QED) is 0.800. The fraction of sp³-hybridized carbons (Fsp3) is 0.938. The normalized spacial score (nSPS) is 26.1. The number of unbranched alkanes of at least 4 members (excludes halogenated alkanes) is 1. The molecule has 0 aliphatic heterocycles. The highest BCUT2D eigenvalue weighted by Gasteiger charge is 2.36. The van der Waals surface area contributed by atoms with Crippen molar-refractivity contribution in [3.8, 4) is 0 Å². The van der Waals surface area contributed by atoms with Crippen LogP contribution in [0.1, 0.15) is 64.6 Å². The summed E-state index contributed by atoms with van der Waals surface area (Å²) in [7, 11) is 1.84. The van der Waals surface area contributed by atoms with Crippen LogP contribution in [-0.2, 0) is 13.5 Å². The van der Waals surface area contributed by atoms with E-state index >= 15 is 0 Å². The van der Waals surface area contributed by atoms with Crippen LogP contribution < -0.4 is 5.32 Å².